The highest BCUT2D eigenvalue weighted by atomic mass is 19.1. The lowest BCUT2D eigenvalue weighted by molar-refractivity contribution is 0.629. The predicted molar refractivity (Wildman–Crippen MR) is 113 cm³/mol. The number of fused-ring (bicyclic) bond motifs is 1. The van der Waals surface area contributed by atoms with E-state index in [4.69, 9.17) is 0 Å². The molecule has 2 aromatic heterocycles. The zero-order valence-corrected chi connectivity index (χ0v) is 16.6. The number of rotatable bonds is 7. The van der Waals surface area contributed by atoms with Crippen LogP contribution in [0.5, 0.6) is 0 Å². The van der Waals surface area contributed by atoms with Gasteiger partial charge in [-0.25, -0.2) is 14.4 Å². The van der Waals surface area contributed by atoms with Crippen molar-refractivity contribution in [2.45, 2.75) is 19.9 Å². The number of hydrogen-bond acceptors (Lipinski definition) is 3. The molecule has 0 aliphatic heterocycles. The van der Waals surface area contributed by atoms with Gasteiger partial charge in [-0.1, -0.05) is 0 Å². The van der Waals surface area contributed by atoms with Crippen LogP contribution in [0.3, 0.4) is 0 Å². The monoisotopic (exact) mass is 382 g/mol. The lowest BCUT2D eigenvalue weighted by Crippen LogP contribution is -2.38. The average molecular weight is 382 g/mol. The second-order valence-corrected chi connectivity index (χ2v) is 6.79. The summed E-state index contributed by atoms with van der Waals surface area (Å²) in [4.78, 5) is 14.1. The molecule has 0 bridgehead atoms. The number of H-pyrrole nitrogens is 1. The van der Waals surface area contributed by atoms with Gasteiger partial charge in [0.2, 0.25) is 0 Å². The molecule has 0 spiro atoms. The van der Waals surface area contributed by atoms with Gasteiger partial charge < -0.3 is 20.5 Å². The lowest BCUT2D eigenvalue weighted by Gasteiger charge is -2.13. The number of hydrogen-bond donors (Lipinski definition) is 3. The van der Waals surface area contributed by atoms with E-state index in [-0.39, 0.29) is 5.82 Å². The van der Waals surface area contributed by atoms with Crippen molar-refractivity contribution in [2.24, 2.45) is 4.99 Å². The predicted octanol–water partition coefficient (Wildman–Crippen LogP) is 3.07. The Hall–Kier alpha value is -3.09. The summed E-state index contributed by atoms with van der Waals surface area (Å²) in [7, 11) is 3.94. The molecule has 0 unspecified atom stereocenters. The molecule has 0 atom stereocenters. The Kier molecular flexibility index (Phi) is 6.47. The number of nitrogens with zero attached hydrogens (tertiary/aromatic N) is 3. The normalized spacial score (nSPS) is 11.6. The quantitative estimate of drug-likeness (QED) is 0.434. The summed E-state index contributed by atoms with van der Waals surface area (Å²) in [5, 5.41) is 7.69. The van der Waals surface area contributed by atoms with Crippen LogP contribution < -0.4 is 15.5 Å². The van der Waals surface area contributed by atoms with Crippen molar-refractivity contribution in [2.75, 3.05) is 32.1 Å². The number of pyridine rings is 1. The van der Waals surface area contributed by atoms with Gasteiger partial charge in [-0.3, -0.25) is 0 Å². The third-order valence-electron chi connectivity index (χ3n) is 4.45. The first-order chi connectivity index (χ1) is 13.6. The van der Waals surface area contributed by atoms with E-state index in [9.17, 15) is 4.39 Å². The maximum atomic E-state index is 13.3. The third-order valence-corrected chi connectivity index (χ3v) is 4.45. The summed E-state index contributed by atoms with van der Waals surface area (Å²) in [6.45, 7) is 4.14. The standard InChI is InChI=1S/C21H27FN6/c1-4-23-21(27-13-15-7-9-24-20(11-15)28(2)3)25-10-8-16-14-26-19-12-17(22)5-6-18(16)19/h5-7,9,11-12,14,26H,4,8,10,13H2,1-3H3,(H2,23,25,27). The summed E-state index contributed by atoms with van der Waals surface area (Å²) < 4.78 is 13.3. The molecular weight excluding hydrogens is 355 g/mol. The Morgan fingerprint density at radius 1 is 1.21 bits per heavy atom. The molecule has 3 N–H and O–H groups in total. The number of aliphatic imine (C=N–C) groups is 1. The zero-order valence-electron chi connectivity index (χ0n) is 16.6. The molecule has 0 aliphatic rings. The molecule has 0 radical (unpaired) electrons. The molecule has 0 amide bonds. The van der Waals surface area contributed by atoms with Crippen molar-refractivity contribution in [3.8, 4) is 0 Å². The van der Waals surface area contributed by atoms with Crippen LogP contribution in [0.4, 0.5) is 10.2 Å². The minimum atomic E-state index is -0.228. The van der Waals surface area contributed by atoms with Crippen LogP contribution in [0.25, 0.3) is 10.9 Å². The van der Waals surface area contributed by atoms with Crippen LogP contribution in [-0.2, 0) is 13.0 Å². The number of benzene rings is 1. The zero-order chi connectivity index (χ0) is 19.9. The number of nitrogens with one attached hydrogen (secondary N) is 3. The highest BCUT2D eigenvalue weighted by Crippen LogP contribution is 2.19. The van der Waals surface area contributed by atoms with E-state index < -0.39 is 0 Å². The van der Waals surface area contributed by atoms with Gasteiger partial charge in [0.25, 0.3) is 0 Å². The fraction of sp³-hybridized carbons (Fsp3) is 0.333. The van der Waals surface area contributed by atoms with Crippen molar-refractivity contribution < 1.29 is 4.39 Å². The molecule has 0 fully saturated rings. The molecule has 148 valence electrons. The fourth-order valence-corrected chi connectivity index (χ4v) is 3.00. The largest absolute Gasteiger partial charge is 0.363 e. The fourth-order valence-electron chi connectivity index (χ4n) is 3.00. The first kappa shape index (κ1) is 19.7. The van der Waals surface area contributed by atoms with Gasteiger partial charge in [-0.2, -0.15) is 0 Å². The minimum Gasteiger partial charge on any atom is -0.363 e. The van der Waals surface area contributed by atoms with Crippen LogP contribution in [0.2, 0.25) is 0 Å². The number of anilines is 1. The molecule has 2 heterocycles. The van der Waals surface area contributed by atoms with E-state index in [1.54, 1.807) is 6.20 Å². The van der Waals surface area contributed by atoms with E-state index in [0.717, 1.165) is 53.3 Å². The molecule has 28 heavy (non-hydrogen) atoms. The molecular formula is C21H27FN6. The van der Waals surface area contributed by atoms with Gasteiger partial charge in [0.05, 0.1) is 6.54 Å². The molecule has 6 nitrogen and oxygen atoms in total. The van der Waals surface area contributed by atoms with E-state index in [1.165, 1.54) is 12.1 Å². The average Bonchev–Trinajstić information content (AvgIpc) is 3.08. The molecule has 3 aromatic rings. The van der Waals surface area contributed by atoms with E-state index in [1.807, 2.05) is 50.3 Å². The maximum absolute atomic E-state index is 13.3. The highest BCUT2D eigenvalue weighted by Gasteiger charge is 2.05. The van der Waals surface area contributed by atoms with Gasteiger partial charge in [0.15, 0.2) is 5.96 Å². The Morgan fingerprint density at radius 2 is 2.07 bits per heavy atom. The topological polar surface area (TPSA) is 68.3 Å². The Labute approximate surface area is 164 Å². The van der Waals surface area contributed by atoms with Crippen molar-refractivity contribution in [3.63, 3.8) is 0 Å². The molecule has 7 heteroatoms. The summed E-state index contributed by atoms with van der Waals surface area (Å²) in [5.41, 5.74) is 3.09. The molecule has 0 saturated heterocycles. The first-order valence-corrected chi connectivity index (χ1v) is 9.46. The number of aromatic amines is 1. The summed E-state index contributed by atoms with van der Waals surface area (Å²) in [5.74, 6) is 1.46. The lowest BCUT2D eigenvalue weighted by atomic mass is 10.1. The second-order valence-electron chi connectivity index (χ2n) is 6.79. The van der Waals surface area contributed by atoms with Crippen molar-refractivity contribution in [3.05, 3.63) is 59.7 Å². The summed E-state index contributed by atoms with van der Waals surface area (Å²) in [6, 6.07) is 8.86. The minimum absolute atomic E-state index is 0.228. The van der Waals surface area contributed by atoms with Crippen molar-refractivity contribution >= 4 is 22.7 Å². The Morgan fingerprint density at radius 3 is 2.86 bits per heavy atom. The molecule has 1 aromatic carbocycles. The van der Waals surface area contributed by atoms with Crippen molar-refractivity contribution in [1.82, 2.24) is 20.6 Å². The smallest absolute Gasteiger partial charge is 0.191 e. The van der Waals surface area contributed by atoms with Gasteiger partial charge in [0.1, 0.15) is 11.6 Å². The van der Waals surface area contributed by atoms with Crippen LogP contribution in [0.1, 0.15) is 18.1 Å². The van der Waals surface area contributed by atoms with E-state index in [0.29, 0.717) is 6.54 Å². The van der Waals surface area contributed by atoms with E-state index in [2.05, 4.69) is 25.6 Å². The van der Waals surface area contributed by atoms with Crippen LogP contribution >= 0.6 is 0 Å². The maximum Gasteiger partial charge on any atom is 0.191 e. The van der Waals surface area contributed by atoms with Gasteiger partial charge in [0, 0.05) is 50.5 Å². The number of aromatic nitrogens is 2. The summed E-state index contributed by atoms with van der Waals surface area (Å²) in [6.07, 6.45) is 4.56. The van der Waals surface area contributed by atoms with Gasteiger partial charge >= 0.3 is 0 Å². The Bertz CT molecular complexity index is 947. The number of guanidine groups is 1. The number of halogens is 1. The van der Waals surface area contributed by atoms with E-state index >= 15 is 0 Å². The summed E-state index contributed by atoms with van der Waals surface area (Å²) >= 11 is 0. The highest BCUT2D eigenvalue weighted by molar-refractivity contribution is 5.83. The van der Waals surface area contributed by atoms with Crippen LogP contribution in [0.15, 0.2) is 47.7 Å². The van der Waals surface area contributed by atoms with Crippen LogP contribution in [-0.4, -0.2) is 43.1 Å². The Balaban J connectivity index is 1.61. The van der Waals surface area contributed by atoms with Crippen molar-refractivity contribution in [1.29, 1.82) is 0 Å². The van der Waals surface area contributed by atoms with Gasteiger partial charge in [-0.15, -0.1) is 0 Å². The SMILES string of the molecule is CCNC(=NCc1ccnc(N(C)C)c1)NCCc1c[nH]c2cc(F)ccc12. The van der Waals surface area contributed by atoms with Crippen LogP contribution in [0, 0.1) is 5.82 Å². The third kappa shape index (κ3) is 5.00. The van der Waals surface area contributed by atoms with Gasteiger partial charge in [-0.05, 0) is 54.8 Å². The molecule has 0 aliphatic carbocycles. The second kappa shape index (κ2) is 9.21. The molecule has 0 saturated carbocycles. The molecule has 3 rings (SSSR count). The first-order valence-electron chi connectivity index (χ1n) is 9.46.